The van der Waals surface area contributed by atoms with Gasteiger partial charge in [-0.1, -0.05) is 28.1 Å². The van der Waals surface area contributed by atoms with E-state index in [9.17, 15) is 0 Å². The number of nitrogens with one attached hydrogen (secondary N) is 1. The van der Waals surface area contributed by atoms with Crippen molar-refractivity contribution in [2.75, 3.05) is 11.9 Å². The molecule has 0 aliphatic heterocycles. The molecule has 0 radical (unpaired) electrons. The molecule has 0 spiro atoms. The molecule has 0 bridgehead atoms. The van der Waals surface area contributed by atoms with Crippen molar-refractivity contribution in [1.29, 1.82) is 0 Å². The third kappa shape index (κ3) is 3.16. The van der Waals surface area contributed by atoms with Crippen molar-refractivity contribution in [3.05, 3.63) is 52.9 Å². The molecule has 2 aromatic heterocycles. The van der Waals surface area contributed by atoms with E-state index in [1.165, 1.54) is 0 Å². The molecular formula is C15H15BrN4O. The average molecular weight is 347 g/mol. The van der Waals surface area contributed by atoms with Crippen molar-refractivity contribution < 1.29 is 4.74 Å². The Bertz CT molecular complexity index is 756. The van der Waals surface area contributed by atoms with Gasteiger partial charge in [0, 0.05) is 23.4 Å². The zero-order valence-corrected chi connectivity index (χ0v) is 13.2. The van der Waals surface area contributed by atoms with Gasteiger partial charge in [-0.15, -0.1) is 0 Å². The first-order valence-corrected chi connectivity index (χ1v) is 7.50. The number of hydrogen-bond acceptors (Lipinski definition) is 4. The minimum Gasteiger partial charge on any atom is -0.470 e. The van der Waals surface area contributed by atoms with Crippen molar-refractivity contribution in [3.8, 4) is 5.88 Å². The van der Waals surface area contributed by atoms with Gasteiger partial charge in [-0.05, 0) is 24.6 Å². The zero-order valence-electron chi connectivity index (χ0n) is 11.6. The number of benzene rings is 1. The summed E-state index contributed by atoms with van der Waals surface area (Å²) in [5.41, 5.74) is 1.79. The van der Waals surface area contributed by atoms with Crippen LogP contribution in [0.5, 0.6) is 5.88 Å². The predicted octanol–water partition coefficient (Wildman–Crippen LogP) is 3.50. The predicted molar refractivity (Wildman–Crippen MR) is 85.6 cm³/mol. The normalized spacial score (nSPS) is 10.8. The molecule has 0 aliphatic rings. The van der Waals surface area contributed by atoms with Gasteiger partial charge in [0.2, 0.25) is 5.65 Å². The fourth-order valence-corrected chi connectivity index (χ4v) is 2.49. The van der Waals surface area contributed by atoms with Crippen molar-refractivity contribution in [2.24, 2.45) is 0 Å². The third-order valence-electron chi connectivity index (χ3n) is 2.97. The van der Waals surface area contributed by atoms with E-state index >= 15 is 0 Å². The van der Waals surface area contributed by atoms with E-state index in [0.717, 1.165) is 22.4 Å². The van der Waals surface area contributed by atoms with Crippen molar-refractivity contribution in [3.63, 3.8) is 0 Å². The standard InChI is InChI=1S/C15H15BrN4O/c1-2-17-13-9-20-7-6-18-14(20)15(19-13)21-10-11-4-3-5-12(16)8-11/h3-9,17H,2,10H2,1H3. The van der Waals surface area contributed by atoms with Crippen LogP contribution in [0.25, 0.3) is 5.65 Å². The van der Waals surface area contributed by atoms with E-state index in [2.05, 4.69) is 31.2 Å². The number of ether oxygens (including phenoxy) is 1. The SMILES string of the molecule is CCNc1cn2ccnc2c(OCc2cccc(Br)c2)n1. The number of hydrogen-bond donors (Lipinski definition) is 1. The Morgan fingerprint density at radius 2 is 2.29 bits per heavy atom. The molecule has 3 aromatic rings. The maximum atomic E-state index is 5.85. The van der Waals surface area contributed by atoms with Gasteiger partial charge in [-0.3, -0.25) is 4.40 Å². The average Bonchev–Trinajstić information content (AvgIpc) is 2.93. The highest BCUT2D eigenvalue weighted by atomic mass is 79.9. The van der Waals surface area contributed by atoms with Crippen LogP contribution in [-0.4, -0.2) is 20.9 Å². The summed E-state index contributed by atoms with van der Waals surface area (Å²) in [5.74, 6) is 1.30. The lowest BCUT2D eigenvalue weighted by molar-refractivity contribution is 0.296. The Hall–Kier alpha value is -2.08. The fourth-order valence-electron chi connectivity index (χ4n) is 2.04. The second-order valence-corrected chi connectivity index (χ2v) is 5.45. The molecular weight excluding hydrogens is 332 g/mol. The Kier molecular flexibility index (Phi) is 4.06. The maximum Gasteiger partial charge on any atom is 0.260 e. The van der Waals surface area contributed by atoms with Gasteiger partial charge in [0.05, 0.1) is 6.20 Å². The quantitative estimate of drug-likeness (QED) is 0.768. The summed E-state index contributed by atoms with van der Waals surface area (Å²) in [4.78, 5) is 8.76. The van der Waals surface area contributed by atoms with Crippen molar-refractivity contribution >= 4 is 27.4 Å². The summed E-state index contributed by atoms with van der Waals surface area (Å²) in [7, 11) is 0. The molecule has 0 unspecified atom stereocenters. The van der Waals surface area contributed by atoms with Crippen LogP contribution >= 0.6 is 15.9 Å². The van der Waals surface area contributed by atoms with Gasteiger partial charge in [0.15, 0.2) is 0 Å². The van der Waals surface area contributed by atoms with E-state index < -0.39 is 0 Å². The van der Waals surface area contributed by atoms with Crippen LogP contribution in [-0.2, 0) is 6.61 Å². The smallest absolute Gasteiger partial charge is 0.260 e. The molecule has 1 aromatic carbocycles. The van der Waals surface area contributed by atoms with E-state index in [1.54, 1.807) is 6.20 Å². The van der Waals surface area contributed by atoms with Crippen LogP contribution in [0.2, 0.25) is 0 Å². The number of aromatic nitrogens is 3. The lowest BCUT2D eigenvalue weighted by Gasteiger charge is -2.10. The van der Waals surface area contributed by atoms with Crippen LogP contribution in [0.1, 0.15) is 12.5 Å². The molecule has 1 N–H and O–H groups in total. The van der Waals surface area contributed by atoms with Crippen LogP contribution in [0, 0.1) is 0 Å². The summed E-state index contributed by atoms with van der Waals surface area (Å²) in [6.07, 6.45) is 5.51. The molecule has 5 nitrogen and oxygen atoms in total. The molecule has 108 valence electrons. The fraction of sp³-hybridized carbons (Fsp3) is 0.200. The number of fused-ring (bicyclic) bond motifs is 1. The molecule has 21 heavy (non-hydrogen) atoms. The molecule has 0 saturated heterocycles. The highest BCUT2D eigenvalue weighted by Gasteiger charge is 2.09. The molecule has 0 saturated carbocycles. The molecule has 3 rings (SSSR count). The Balaban J connectivity index is 1.86. The summed E-state index contributed by atoms with van der Waals surface area (Å²) in [6, 6.07) is 8.01. The van der Waals surface area contributed by atoms with Crippen LogP contribution in [0.15, 0.2) is 47.3 Å². The Morgan fingerprint density at radius 3 is 3.10 bits per heavy atom. The lowest BCUT2D eigenvalue weighted by atomic mass is 10.2. The number of nitrogens with zero attached hydrogens (tertiary/aromatic N) is 3. The van der Waals surface area contributed by atoms with Gasteiger partial charge in [-0.25, -0.2) is 4.98 Å². The first-order valence-electron chi connectivity index (χ1n) is 6.71. The second-order valence-electron chi connectivity index (χ2n) is 4.54. The highest BCUT2D eigenvalue weighted by Crippen LogP contribution is 2.20. The molecule has 0 fully saturated rings. The van der Waals surface area contributed by atoms with Crippen LogP contribution in [0.4, 0.5) is 5.82 Å². The Labute approximate surface area is 131 Å². The summed E-state index contributed by atoms with van der Waals surface area (Å²) < 4.78 is 8.79. The lowest BCUT2D eigenvalue weighted by Crippen LogP contribution is -2.05. The van der Waals surface area contributed by atoms with Gasteiger partial charge < -0.3 is 10.1 Å². The number of halogens is 1. The van der Waals surface area contributed by atoms with Crippen LogP contribution < -0.4 is 10.1 Å². The van der Waals surface area contributed by atoms with E-state index in [-0.39, 0.29) is 0 Å². The molecule has 0 atom stereocenters. The third-order valence-corrected chi connectivity index (χ3v) is 3.46. The molecule has 0 amide bonds. The molecule has 6 heteroatoms. The number of anilines is 1. The van der Waals surface area contributed by atoms with E-state index in [4.69, 9.17) is 4.74 Å². The summed E-state index contributed by atoms with van der Waals surface area (Å²) in [5, 5.41) is 3.19. The van der Waals surface area contributed by atoms with Gasteiger partial charge in [0.25, 0.3) is 5.88 Å². The van der Waals surface area contributed by atoms with E-state index in [0.29, 0.717) is 18.1 Å². The maximum absolute atomic E-state index is 5.85. The summed E-state index contributed by atoms with van der Waals surface area (Å²) in [6.45, 7) is 3.28. The number of rotatable bonds is 5. The zero-order chi connectivity index (χ0) is 14.7. The van der Waals surface area contributed by atoms with Crippen molar-refractivity contribution in [1.82, 2.24) is 14.4 Å². The monoisotopic (exact) mass is 346 g/mol. The molecule has 0 aliphatic carbocycles. The topological polar surface area (TPSA) is 51.5 Å². The minimum atomic E-state index is 0.449. The summed E-state index contributed by atoms with van der Waals surface area (Å²) >= 11 is 3.46. The van der Waals surface area contributed by atoms with Crippen molar-refractivity contribution in [2.45, 2.75) is 13.5 Å². The van der Waals surface area contributed by atoms with Gasteiger partial charge in [0.1, 0.15) is 12.4 Å². The second kappa shape index (κ2) is 6.13. The van der Waals surface area contributed by atoms with Crippen LogP contribution in [0.3, 0.4) is 0 Å². The van der Waals surface area contributed by atoms with E-state index in [1.807, 2.05) is 48.0 Å². The number of imidazole rings is 1. The molecule has 2 heterocycles. The first-order chi connectivity index (χ1) is 10.3. The highest BCUT2D eigenvalue weighted by molar-refractivity contribution is 9.10. The van der Waals surface area contributed by atoms with Gasteiger partial charge in [-0.2, -0.15) is 4.98 Å². The Morgan fingerprint density at radius 1 is 1.38 bits per heavy atom. The largest absolute Gasteiger partial charge is 0.470 e. The first kappa shape index (κ1) is 13.9. The minimum absolute atomic E-state index is 0.449. The van der Waals surface area contributed by atoms with Gasteiger partial charge >= 0.3 is 0 Å².